The van der Waals surface area contributed by atoms with E-state index in [-0.39, 0.29) is 42.6 Å². The number of hydrogen-bond donors (Lipinski definition) is 4. The van der Waals surface area contributed by atoms with E-state index >= 15 is 4.79 Å². The second-order valence-electron chi connectivity index (χ2n) is 18.0. The summed E-state index contributed by atoms with van der Waals surface area (Å²) >= 11 is 0. The zero-order chi connectivity index (χ0) is 45.6. The number of hydrogen-bond acceptors (Lipinski definition) is 16. The Hall–Kier alpha value is -4.84. The van der Waals surface area contributed by atoms with Gasteiger partial charge in [-0.3, -0.25) is 14.4 Å². The number of carbonyl (C=O) groups excluding carboxylic acids is 6. The summed E-state index contributed by atoms with van der Waals surface area (Å²) in [5.41, 5.74) is -8.78. The molecule has 61 heavy (non-hydrogen) atoms. The van der Waals surface area contributed by atoms with Crippen molar-refractivity contribution in [2.45, 2.75) is 147 Å². The van der Waals surface area contributed by atoms with Gasteiger partial charge in [0, 0.05) is 31.6 Å². The van der Waals surface area contributed by atoms with E-state index in [1.165, 1.54) is 52.2 Å². The zero-order valence-electron chi connectivity index (χ0n) is 36.4. The number of carbonyl (C=O) groups is 6. The highest BCUT2D eigenvalue weighted by molar-refractivity contribution is 5.96. The van der Waals surface area contributed by atoms with Crippen LogP contribution in [0.5, 0.6) is 5.75 Å². The molecule has 0 spiro atoms. The standard InChI is InChI=1S/C44H59NO16/c1-12-15-26(45-39(53)61-40(5,6)7)32(49)38(52)57-27-20-44(54)36(59-37(51)24-16-14-17-25(18-24)55-11)34-42(10,28(47)19-29-43(34,21-56-29)60-23(4)46)35(50)33(58-30(48)13-2)31(22(27)3)41(44,8)9/h12,14,16-18,26-29,32-34,36,47,49,54H,1,13,15,19-21H2,2-11H3,(H,45,53)/t26-,27-,28-,29+,32+,33+,34?,36-,42+,43-,44+/m0/s1. The van der Waals surface area contributed by atoms with Crippen molar-refractivity contribution in [2.75, 3.05) is 13.7 Å². The number of rotatable bonds is 12. The van der Waals surface area contributed by atoms with E-state index in [0.717, 1.165) is 6.92 Å². The lowest BCUT2D eigenvalue weighted by atomic mass is 9.44. The summed E-state index contributed by atoms with van der Waals surface area (Å²) in [6.07, 6.45) is -10.5. The van der Waals surface area contributed by atoms with E-state index in [1.807, 2.05) is 0 Å². The summed E-state index contributed by atoms with van der Waals surface area (Å²) in [5, 5.41) is 39.6. The fourth-order valence-electron chi connectivity index (χ4n) is 9.52. The van der Waals surface area contributed by atoms with E-state index in [0.29, 0.717) is 5.75 Å². The molecule has 0 radical (unpaired) electrons. The third-order valence-corrected chi connectivity index (χ3v) is 12.7. The number of amides is 1. The van der Waals surface area contributed by atoms with Crippen LogP contribution in [-0.4, -0.2) is 124 Å². The first-order valence-electron chi connectivity index (χ1n) is 20.3. The molecule has 1 aliphatic heterocycles. The summed E-state index contributed by atoms with van der Waals surface area (Å²) in [5.74, 6) is -6.03. The lowest BCUT2D eigenvalue weighted by Crippen LogP contribution is -2.82. The monoisotopic (exact) mass is 857 g/mol. The quantitative estimate of drug-likeness (QED) is 0.134. The van der Waals surface area contributed by atoms with Crippen molar-refractivity contribution in [1.82, 2.24) is 5.32 Å². The number of nitrogens with one attached hydrogen (secondary N) is 1. The predicted molar refractivity (Wildman–Crippen MR) is 214 cm³/mol. The van der Waals surface area contributed by atoms with Gasteiger partial charge in [0.15, 0.2) is 23.6 Å². The highest BCUT2D eigenvalue weighted by atomic mass is 16.6. The molecular formula is C44H59NO16. The van der Waals surface area contributed by atoms with Gasteiger partial charge in [0.05, 0.1) is 42.8 Å². The second-order valence-corrected chi connectivity index (χ2v) is 18.0. The lowest BCUT2D eigenvalue weighted by Gasteiger charge is -2.67. The van der Waals surface area contributed by atoms with Crippen LogP contribution in [0.25, 0.3) is 0 Å². The second kappa shape index (κ2) is 17.1. The summed E-state index contributed by atoms with van der Waals surface area (Å²) in [6, 6.07) is 4.67. The number of benzene rings is 1. The van der Waals surface area contributed by atoms with Gasteiger partial charge in [0.25, 0.3) is 0 Å². The summed E-state index contributed by atoms with van der Waals surface area (Å²) in [6.45, 7) is 16.9. The van der Waals surface area contributed by atoms with E-state index in [4.69, 9.17) is 33.2 Å². The maximum Gasteiger partial charge on any atom is 0.407 e. The minimum atomic E-state index is -2.42. The van der Waals surface area contributed by atoms with Crippen LogP contribution in [0.1, 0.15) is 98.4 Å². The minimum Gasteiger partial charge on any atom is -0.497 e. The van der Waals surface area contributed by atoms with Crippen molar-refractivity contribution in [2.24, 2.45) is 16.7 Å². The Bertz CT molecular complexity index is 1970. The van der Waals surface area contributed by atoms with Gasteiger partial charge in [-0.2, -0.15) is 0 Å². The van der Waals surface area contributed by atoms with Crippen LogP contribution >= 0.6 is 0 Å². The maximum absolute atomic E-state index is 15.5. The Kier molecular flexibility index (Phi) is 13.3. The number of aliphatic hydroxyl groups is 3. The summed E-state index contributed by atoms with van der Waals surface area (Å²) < 4.78 is 40.9. The molecule has 4 N–H and O–H groups in total. The molecule has 11 atom stereocenters. The van der Waals surface area contributed by atoms with Crippen molar-refractivity contribution in [3.63, 3.8) is 0 Å². The molecule has 2 bridgehead atoms. The van der Waals surface area contributed by atoms with Crippen LogP contribution in [0.3, 0.4) is 0 Å². The van der Waals surface area contributed by atoms with Crippen molar-refractivity contribution in [1.29, 1.82) is 0 Å². The molecule has 1 amide bonds. The van der Waals surface area contributed by atoms with E-state index in [1.54, 1.807) is 40.7 Å². The van der Waals surface area contributed by atoms with Gasteiger partial charge in [0.2, 0.25) is 0 Å². The number of ketones is 1. The van der Waals surface area contributed by atoms with Crippen LogP contribution in [0.2, 0.25) is 0 Å². The summed E-state index contributed by atoms with van der Waals surface area (Å²) in [4.78, 5) is 83.0. The molecule has 17 nitrogen and oxygen atoms in total. The third kappa shape index (κ3) is 8.41. The van der Waals surface area contributed by atoms with Crippen LogP contribution < -0.4 is 10.1 Å². The molecule has 1 aromatic rings. The SMILES string of the molecule is C=CC[C@H](NC(=O)OC(C)(C)C)[C@@H](O)C(=O)O[C@H]1C[C@@]2(O)[C@@H](OC(=O)c3cccc(OC)c3)C3[C@](C)(C(=O)[C@H](OC(=O)CC)C(=C1C)C2(C)C)[C@@H](O)C[C@H]1OC[C@@]31OC(C)=O. The number of esters is 4. The molecule has 1 saturated heterocycles. The van der Waals surface area contributed by atoms with E-state index in [2.05, 4.69) is 11.9 Å². The van der Waals surface area contributed by atoms with Gasteiger partial charge >= 0.3 is 30.0 Å². The molecule has 3 aliphatic carbocycles. The first kappa shape index (κ1) is 47.2. The molecule has 2 saturated carbocycles. The Labute approximate surface area is 355 Å². The van der Waals surface area contributed by atoms with Crippen LogP contribution in [0.15, 0.2) is 48.1 Å². The lowest BCUT2D eigenvalue weighted by molar-refractivity contribution is -0.346. The molecule has 5 rings (SSSR count). The van der Waals surface area contributed by atoms with Gasteiger partial charge in [-0.25, -0.2) is 14.4 Å². The van der Waals surface area contributed by atoms with Gasteiger partial charge in [-0.1, -0.05) is 32.9 Å². The Morgan fingerprint density at radius 2 is 1.77 bits per heavy atom. The zero-order valence-corrected chi connectivity index (χ0v) is 36.4. The Morgan fingerprint density at radius 3 is 2.33 bits per heavy atom. The molecule has 1 heterocycles. The average Bonchev–Trinajstić information content (AvgIpc) is 3.17. The summed E-state index contributed by atoms with van der Waals surface area (Å²) in [7, 11) is 1.40. The van der Waals surface area contributed by atoms with Crippen LogP contribution in [0.4, 0.5) is 4.79 Å². The first-order chi connectivity index (χ1) is 28.3. The van der Waals surface area contributed by atoms with Crippen molar-refractivity contribution >= 4 is 35.8 Å². The highest BCUT2D eigenvalue weighted by Crippen LogP contribution is 2.64. The van der Waals surface area contributed by atoms with Crippen LogP contribution in [0, 0.1) is 16.7 Å². The van der Waals surface area contributed by atoms with Crippen molar-refractivity contribution in [3.05, 3.63) is 53.6 Å². The molecule has 0 aromatic heterocycles. The number of aliphatic hydroxyl groups excluding tert-OH is 2. The first-order valence-corrected chi connectivity index (χ1v) is 20.3. The highest BCUT2D eigenvalue weighted by Gasteiger charge is 2.78. The fraction of sp³-hybridized carbons (Fsp3) is 0.636. The molecule has 4 aliphatic rings. The molecular weight excluding hydrogens is 798 g/mol. The number of alkyl carbamates (subject to hydrolysis) is 1. The molecule has 1 aromatic carbocycles. The normalized spacial score (nSPS) is 32.4. The van der Waals surface area contributed by atoms with Crippen molar-refractivity contribution in [3.8, 4) is 5.75 Å². The number of Topliss-reactive ketones (excluding diaryl/α,β-unsaturated/α-hetero) is 1. The topological polar surface area (TPSA) is 240 Å². The fourth-order valence-corrected chi connectivity index (χ4v) is 9.52. The number of methoxy groups -OCH3 is 1. The molecule has 336 valence electrons. The van der Waals surface area contributed by atoms with Gasteiger partial charge in [-0.05, 0) is 70.4 Å². The Morgan fingerprint density at radius 1 is 1.10 bits per heavy atom. The Balaban J connectivity index is 1.75. The van der Waals surface area contributed by atoms with E-state index in [9.17, 15) is 39.3 Å². The van der Waals surface area contributed by atoms with Crippen LogP contribution in [-0.2, 0) is 47.6 Å². The predicted octanol–water partition coefficient (Wildman–Crippen LogP) is 3.43. The third-order valence-electron chi connectivity index (χ3n) is 12.7. The van der Waals surface area contributed by atoms with Crippen molar-refractivity contribution < 1.29 is 77.2 Å². The smallest absolute Gasteiger partial charge is 0.407 e. The van der Waals surface area contributed by atoms with Gasteiger partial charge < -0.3 is 53.8 Å². The number of fused-ring (bicyclic) bond motifs is 5. The molecule has 3 fully saturated rings. The minimum absolute atomic E-state index is 0.0160. The van der Waals surface area contributed by atoms with E-state index < -0.39 is 118 Å². The number of ether oxygens (including phenoxy) is 7. The largest absolute Gasteiger partial charge is 0.497 e. The molecule has 1 unspecified atom stereocenters. The molecule has 17 heteroatoms. The maximum atomic E-state index is 15.5. The van der Waals surface area contributed by atoms with Gasteiger partial charge in [-0.15, -0.1) is 6.58 Å². The van der Waals surface area contributed by atoms with Gasteiger partial charge in [0.1, 0.15) is 35.3 Å². The average molecular weight is 858 g/mol.